The van der Waals surface area contributed by atoms with Crippen LogP contribution in [0, 0.1) is 10.8 Å². The number of carbonyl (C=O) groups is 2. The maximum atomic E-state index is 10.4. The van der Waals surface area contributed by atoms with E-state index in [0.717, 1.165) is 0 Å². The Kier molecular flexibility index (Phi) is 10.4. The van der Waals surface area contributed by atoms with Crippen LogP contribution in [0.2, 0.25) is 0 Å². The third-order valence-electron chi connectivity index (χ3n) is 2.70. The molecule has 70 valence electrons. The smallest absolute Gasteiger partial charge is 0.550 e. The van der Waals surface area contributed by atoms with Crippen LogP contribution < -0.4 is 113 Å². The van der Waals surface area contributed by atoms with Crippen molar-refractivity contribution in [3.05, 3.63) is 0 Å². The maximum Gasteiger partial charge on any atom is 1.00 e. The Morgan fingerprint density at radius 1 is 1.00 bits per heavy atom. The van der Waals surface area contributed by atoms with Crippen LogP contribution >= 0.6 is 0 Å². The molecule has 1 aliphatic rings. The second kappa shape index (κ2) is 6.80. The molecule has 0 amide bonds. The van der Waals surface area contributed by atoms with Gasteiger partial charge < -0.3 is 25.3 Å². The first-order valence-corrected chi connectivity index (χ1v) is 3.27. The molecule has 0 spiro atoms. The molecule has 0 aliphatic heterocycles. The van der Waals surface area contributed by atoms with Gasteiger partial charge in [-0.25, -0.2) is 0 Å². The van der Waals surface area contributed by atoms with Gasteiger partial charge in [-0.3, -0.25) is 0 Å². The summed E-state index contributed by atoms with van der Waals surface area (Å²) in [6, 6.07) is 0. The quantitative estimate of drug-likeness (QED) is 0.454. The molecule has 14 heavy (non-hydrogen) atoms. The van der Waals surface area contributed by atoms with E-state index in [-0.39, 0.29) is 115 Å². The van der Waals surface area contributed by atoms with Crippen LogP contribution in [0.4, 0.5) is 0 Å². The zero-order chi connectivity index (χ0) is 8.86. The Hall–Kier alpha value is 2.17. The molecule has 2 N–H and O–H groups in total. The zero-order valence-corrected chi connectivity index (χ0v) is 15.1. The molecule has 0 saturated heterocycles. The summed E-state index contributed by atoms with van der Waals surface area (Å²) < 4.78 is 0. The van der Waals surface area contributed by atoms with Crippen molar-refractivity contribution in [1.82, 2.24) is 0 Å². The second-order valence-electron chi connectivity index (χ2n) is 3.42. The molecule has 1 saturated carbocycles. The van der Waals surface area contributed by atoms with E-state index in [2.05, 4.69) is 0 Å². The number of aliphatic carboxylic acids is 2. The number of carbonyl (C=O) groups excluding carboxylic acids is 2. The molecule has 2 unspecified atom stereocenters. The summed E-state index contributed by atoms with van der Waals surface area (Å²) in [6.07, 6.45) is 0.102. The molecule has 1 aliphatic carbocycles. The van der Waals surface area contributed by atoms with E-state index in [9.17, 15) is 19.8 Å². The van der Waals surface area contributed by atoms with Crippen molar-refractivity contribution in [3.63, 3.8) is 0 Å². The van der Waals surface area contributed by atoms with Gasteiger partial charge in [0.15, 0.2) is 0 Å². The standard InChI is InChI=1S/C7H10O4.2K.H2O/c1-6(4(8)9)3-7(6,2)5(10)11;;;/h3H2,1-2H3,(H,8,9)(H,10,11);;;1H2/q;2*+1;/p-2. The minimum atomic E-state index is -1.32. The van der Waals surface area contributed by atoms with Crippen molar-refractivity contribution in [2.45, 2.75) is 20.3 Å². The van der Waals surface area contributed by atoms with Crippen LogP contribution in [-0.2, 0) is 9.59 Å². The molecule has 0 heterocycles. The molecule has 7 heteroatoms. The number of carboxylic acids is 2. The minimum Gasteiger partial charge on any atom is -0.550 e. The number of carboxylic acid groups (broad SMARTS) is 2. The summed E-state index contributed by atoms with van der Waals surface area (Å²) in [5, 5.41) is 20.8. The normalized spacial score (nSPS) is 32.7. The van der Waals surface area contributed by atoms with E-state index >= 15 is 0 Å². The van der Waals surface area contributed by atoms with Gasteiger partial charge in [-0.05, 0) is 6.42 Å². The van der Waals surface area contributed by atoms with E-state index in [1.165, 1.54) is 13.8 Å². The van der Waals surface area contributed by atoms with Gasteiger partial charge in [-0.2, -0.15) is 0 Å². The van der Waals surface area contributed by atoms with Gasteiger partial charge in [0.25, 0.3) is 0 Å². The van der Waals surface area contributed by atoms with Gasteiger partial charge in [0.2, 0.25) is 0 Å². The maximum absolute atomic E-state index is 10.4. The van der Waals surface area contributed by atoms with Gasteiger partial charge in [-0.15, -0.1) is 0 Å². The third kappa shape index (κ3) is 3.33. The van der Waals surface area contributed by atoms with Crippen molar-refractivity contribution < 1.29 is 128 Å². The van der Waals surface area contributed by atoms with Crippen molar-refractivity contribution >= 4 is 11.9 Å². The summed E-state index contributed by atoms with van der Waals surface area (Å²) in [5.41, 5.74) is -2.46. The Labute approximate surface area is 167 Å². The van der Waals surface area contributed by atoms with Gasteiger partial charge in [-0.1, -0.05) is 13.8 Å². The van der Waals surface area contributed by atoms with Crippen LogP contribution in [0.25, 0.3) is 0 Å². The molecule has 1 fully saturated rings. The summed E-state index contributed by atoms with van der Waals surface area (Å²) in [6.45, 7) is 2.72. The molecule has 5 nitrogen and oxygen atoms in total. The van der Waals surface area contributed by atoms with Gasteiger partial charge in [0.05, 0.1) is 0 Å². The average molecular weight is 252 g/mol. The van der Waals surface area contributed by atoms with Crippen molar-refractivity contribution in [2.24, 2.45) is 10.8 Å². The molecule has 0 bridgehead atoms. The van der Waals surface area contributed by atoms with Crippen LogP contribution in [0.15, 0.2) is 0 Å². The molecule has 2 atom stereocenters. The predicted octanol–water partition coefficient (Wildman–Crippen LogP) is -8.91. The fourth-order valence-corrected chi connectivity index (χ4v) is 1.26. The largest absolute Gasteiger partial charge is 1.00 e. The molecular formula is C7H10K2O5. The Morgan fingerprint density at radius 2 is 1.21 bits per heavy atom. The van der Waals surface area contributed by atoms with Crippen molar-refractivity contribution in [1.29, 1.82) is 0 Å². The Bertz CT molecular complexity index is 220. The molecule has 0 radical (unpaired) electrons. The molecule has 0 aromatic heterocycles. The van der Waals surface area contributed by atoms with Crippen molar-refractivity contribution in [3.8, 4) is 0 Å². The Morgan fingerprint density at radius 3 is 1.29 bits per heavy atom. The summed E-state index contributed by atoms with van der Waals surface area (Å²) >= 11 is 0. The average Bonchev–Trinajstić information content (AvgIpc) is 2.39. The van der Waals surface area contributed by atoms with Crippen molar-refractivity contribution in [2.75, 3.05) is 0 Å². The summed E-state index contributed by atoms with van der Waals surface area (Å²) in [5.74, 6) is -2.63. The van der Waals surface area contributed by atoms with E-state index in [1.54, 1.807) is 0 Å². The first-order valence-electron chi connectivity index (χ1n) is 3.27. The van der Waals surface area contributed by atoms with Crippen LogP contribution in [0.1, 0.15) is 20.3 Å². The predicted molar refractivity (Wildman–Crippen MR) is 34.5 cm³/mol. The SMILES string of the molecule is CC1(C(=O)[O-])CC1(C)C(=O)[O-].O.[K+].[K+]. The summed E-state index contributed by atoms with van der Waals surface area (Å²) in [7, 11) is 0. The van der Waals surface area contributed by atoms with Crippen LogP contribution in [0.5, 0.6) is 0 Å². The zero-order valence-electron chi connectivity index (χ0n) is 8.84. The number of hydrogen-bond acceptors (Lipinski definition) is 4. The monoisotopic (exact) mass is 252 g/mol. The van der Waals surface area contributed by atoms with E-state index in [0.29, 0.717) is 0 Å². The first kappa shape index (κ1) is 21.5. The third-order valence-corrected chi connectivity index (χ3v) is 2.70. The topological polar surface area (TPSA) is 112 Å². The molecule has 1 rings (SSSR count). The van der Waals surface area contributed by atoms with Crippen LogP contribution in [-0.4, -0.2) is 17.4 Å². The van der Waals surface area contributed by atoms with E-state index < -0.39 is 22.8 Å². The Balaban J connectivity index is -0.000000403. The van der Waals surface area contributed by atoms with Crippen LogP contribution in [0.3, 0.4) is 0 Å². The minimum absolute atomic E-state index is 0. The van der Waals surface area contributed by atoms with Gasteiger partial charge in [0.1, 0.15) is 0 Å². The number of rotatable bonds is 2. The number of hydrogen-bond donors (Lipinski definition) is 0. The van der Waals surface area contributed by atoms with Gasteiger partial charge >= 0.3 is 103 Å². The molecule has 0 aromatic rings. The summed E-state index contributed by atoms with van der Waals surface area (Å²) in [4.78, 5) is 20.8. The molecular weight excluding hydrogens is 242 g/mol. The fraction of sp³-hybridized carbons (Fsp3) is 0.714. The molecule has 0 aromatic carbocycles. The van der Waals surface area contributed by atoms with E-state index in [1.807, 2.05) is 0 Å². The second-order valence-corrected chi connectivity index (χ2v) is 3.42. The fourth-order valence-electron chi connectivity index (χ4n) is 1.26. The first-order chi connectivity index (χ1) is 4.84. The van der Waals surface area contributed by atoms with Gasteiger partial charge in [0, 0.05) is 22.8 Å². The van der Waals surface area contributed by atoms with E-state index in [4.69, 9.17) is 0 Å².